The summed E-state index contributed by atoms with van der Waals surface area (Å²) in [7, 11) is 0. The molecular weight excluding hydrogens is 254 g/mol. The van der Waals surface area contributed by atoms with Crippen molar-refractivity contribution in [3.05, 3.63) is 18.0 Å². The Morgan fingerprint density at radius 1 is 1.30 bits per heavy atom. The van der Waals surface area contributed by atoms with E-state index in [1.165, 1.54) is 32.1 Å². The molecule has 20 heavy (non-hydrogen) atoms. The van der Waals surface area contributed by atoms with Crippen molar-refractivity contribution in [3.63, 3.8) is 0 Å². The smallest absolute Gasteiger partial charge is 0.225 e. The first kappa shape index (κ1) is 13.1. The summed E-state index contributed by atoms with van der Waals surface area (Å²) in [5.74, 6) is 2.38. The molecule has 3 N–H and O–H groups in total. The predicted octanol–water partition coefficient (Wildman–Crippen LogP) is 1.59. The zero-order valence-electron chi connectivity index (χ0n) is 11.6. The number of amidine groups is 1. The van der Waals surface area contributed by atoms with E-state index in [0.29, 0.717) is 11.6 Å². The highest BCUT2D eigenvalue weighted by molar-refractivity contribution is 5.95. The maximum atomic E-state index is 8.73. The number of anilines is 1. The molecule has 0 bridgehead atoms. The van der Waals surface area contributed by atoms with Crippen LogP contribution in [0.5, 0.6) is 0 Å². The molecule has 1 aliphatic heterocycles. The SMILES string of the molecule is N/C(=N/O)c1ccnc(N2CCC3CCCCC3C2)n1. The Morgan fingerprint density at radius 3 is 2.90 bits per heavy atom. The van der Waals surface area contributed by atoms with Crippen molar-refractivity contribution >= 4 is 11.8 Å². The van der Waals surface area contributed by atoms with Crippen LogP contribution in [0.4, 0.5) is 5.95 Å². The van der Waals surface area contributed by atoms with Crippen LogP contribution in [0, 0.1) is 11.8 Å². The summed E-state index contributed by atoms with van der Waals surface area (Å²) >= 11 is 0. The van der Waals surface area contributed by atoms with Crippen molar-refractivity contribution in [2.75, 3.05) is 18.0 Å². The number of rotatable bonds is 2. The van der Waals surface area contributed by atoms with E-state index in [-0.39, 0.29) is 5.84 Å². The lowest BCUT2D eigenvalue weighted by molar-refractivity contribution is 0.201. The number of aromatic nitrogens is 2. The fourth-order valence-corrected chi connectivity index (χ4v) is 3.48. The number of fused-ring (bicyclic) bond motifs is 1. The second-order valence-electron chi connectivity index (χ2n) is 5.77. The summed E-state index contributed by atoms with van der Waals surface area (Å²) in [4.78, 5) is 11.0. The Bertz CT molecular complexity index is 504. The van der Waals surface area contributed by atoms with Crippen LogP contribution in [0.1, 0.15) is 37.8 Å². The van der Waals surface area contributed by atoms with E-state index in [4.69, 9.17) is 10.9 Å². The van der Waals surface area contributed by atoms with Gasteiger partial charge in [-0.25, -0.2) is 9.97 Å². The third-order valence-electron chi connectivity index (χ3n) is 4.59. The van der Waals surface area contributed by atoms with E-state index in [1.54, 1.807) is 12.3 Å². The van der Waals surface area contributed by atoms with Crippen LogP contribution < -0.4 is 10.6 Å². The monoisotopic (exact) mass is 275 g/mol. The molecule has 6 nitrogen and oxygen atoms in total. The number of piperidine rings is 1. The quantitative estimate of drug-likeness (QED) is 0.370. The van der Waals surface area contributed by atoms with Gasteiger partial charge in [-0.05, 0) is 30.7 Å². The summed E-state index contributed by atoms with van der Waals surface area (Å²) < 4.78 is 0. The largest absolute Gasteiger partial charge is 0.409 e. The van der Waals surface area contributed by atoms with Gasteiger partial charge in [0, 0.05) is 19.3 Å². The van der Waals surface area contributed by atoms with Crippen molar-refractivity contribution in [1.82, 2.24) is 9.97 Å². The van der Waals surface area contributed by atoms with Crippen molar-refractivity contribution in [2.24, 2.45) is 22.7 Å². The maximum absolute atomic E-state index is 8.73. The van der Waals surface area contributed by atoms with Crippen LogP contribution in [-0.2, 0) is 0 Å². The molecule has 1 saturated carbocycles. The molecule has 6 heteroatoms. The van der Waals surface area contributed by atoms with Crippen molar-refractivity contribution in [3.8, 4) is 0 Å². The van der Waals surface area contributed by atoms with E-state index < -0.39 is 0 Å². The fourth-order valence-electron chi connectivity index (χ4n) is 3.48. The minimum atomic E-state index is 0.0289. The molecule has 3 rings (SSSR count). The fraction of sp³-hybridized carbons (Fsp3) is 0.643. The number of hydrogen-bond donors (Lipinski definition) is 2. The lowest BCUT2D eigenvalue weighted by Crippen LogP contribution is -2.42. The molecule has 2 heterocycles. The summed E-state index contributed by atoms with van der Waals surface area (Å²) in [5.41, 5.74) is 6.07. The van der Waals surface area contributed by atoms with Crippen LogP contribution in [0.15, 0.2) is 17.4 Å². The lowest BCUT2D eigenvalue weighted by atomic mass is 9.75. The van der Waals surface area contributed by atoms with Crippen LogP contribution in [-0.4, -0.2) is 34.1 Å². The third-order valence-corrected chi connectivity index (χ3v) is 4.59. The highest BCUT2D eigenvalue weighted by atomic mass is 16.4. The summed E-state index contributed by atoms with van der Waals surface area (Å²) in [6, 6.07) is 1.66. The summed E-state index contributed by atoms with van der Waals surface area (Å²) in [6.07, 6.45) is 8.33. The molecule has 1 saturated heterocycles. The van der Waals surface area contributed by atoms with Crippen LogP contribution in [0.3, 0.4) is 0 Å². The first-order chi connectivity index (χ1) is 9.78. The second-order valence-corrected chi connectivity index (χ2v) is 5.77. The highest BCUT2D eigenvalue weighted by Crippen LogP contribution is 2.36. The average molecular weight is 275 g/mol. The summed E-state index contributed by atoms with van der Waals surface area (Å²) in [6.45, 7) is 2.03. The highest BCUT2D eigenvalue weighted by Gasteiger charge is 2.32. The Balaban J connectivity index is 1.76. The van der Waals surface area contributed by atoms with Gasteiger partial charge in [0.2, 0.25) is 5.95 Å². The van der Waals surface area contributed by atoms with Gasteiger partial charge in [0.1, 0.15) is 5.69 Å². The number of nitrogens with zero attached hydrogens (tertiary/aromatic N) is 4. The van der Waals surface area contributed by atoms with Crippen molar-refractivity contribution in [1.29, 1.82) is 0 Å². The van der Waals surface area contributed by atoms with Gasteiger partial charge in [0.15, 0.2) is 5.84 Å². The van der Waals surface area contributed by atoms with E-state index >= 15 is 0 Å². The average Bonchev–Trinajstić information content (AvgIpc) is 2.53. The summed E-state index contributed by atoms with van der Waals surface area (Å²) in [5, 5.41) is 11.7. The van der Waals surface area contributed by atoms with Gasteiger partial charge < -0.3 is 15.8 Å². The first-order valence-corrected chi connectivity index (χ1v) is 7.34. The number of oxime groups is 1. The molecule has 108 valence electrons. The minimum Gasteiger partial charge on any atom is -0.409 e. The molecule has 2 atom stereocenters. The molecule has 1 aliphatic carbocycles. The van der Waals surface area contributed by atoms with Gasteiger partial charge in [-0.1, -0.05) is 24.4 Å². The molecule has 0 amide bonds. The molecule has 2 unspecified atom stereocenters. The Kier molecular flexibility index (Phi) is 3.71. The molecule has 1 aromatic heterocycles. The van der Waals surface area contributed by atoms with E-state index in [1.807, 2.05) is 0 Å². The topological polar surface area (TPSA) is 87.6 Å². The number of nitrogens with two attached hydrogens (primary N) is 1. The zero-order chi connectivity index (χ0) is 13.9. The van der Waals surface area contributed by atoms with Gasteiger partial charge in [-0.2, -0.15) is 0 Å². The van der Waals surface area contributed by atoms with Gasteiger partial charge in [0.05, 0.1) is 0 Å². The van der Waals surface area contributed by atoms with Crippen LogP contribution in [0.2, 0.25) is 0 Å². The predicted molar refractivity (Wildman–Crippen MR) is 76.8 cm³/mol. The van der Waals surface area contributed by atoms with Crippen LogP contribution in [0.25, 0.3) is 0 Å². The first-order valence-electron chi connectivity index (χ1n) is 7.34. The normalized spacial score (nSPS) is 27.2. The molecule has 2 fully saturated rings. The maximum Gasteiger partial charge on any atom is 0.225 e. The number of hydrogen-bond acceptors (Lipinski definition) is 5. The second kappa shape index (κ2) is 5.64. The van der Waals surface area contributed by atoms with Gasteiger partial charge in [0.25, 0.3) is 0 Å². The van der Waals surface area contributed by atoms with Crippen molar-refractivity contribution in [2.45, 2.75) is 32.1 Å². The molecule has 0 radical (unpaired) electrons. The molecular formula is C14H21N5O. The third kappa shape index (κ3) is 2.55. The standard InChI is InChI=1S/C14H21N5O/c15-13(18-20)12-5-7-16-14(17-12)19-8-6-10-3-1-2-4-11(10)9-19/h5,7,10-11,20H,1-4,6,8-9H2,(H2,15,18). The molecule has 0 spiro atoms. The molecule has 2 aliphatic rings. The van der Waals surface area contributed by atoms with E-state index in [9.17, 15) is 0 Å². The lowest BCUT2D eigenvalue weighted by Gasteiger charge is -2.41. The zero-order valence-corrected chi connectivity index (χ0v) is 11.6. The molecule has 1 aromatic rings. The van der Waals surface area contributed by atoms with Crippen molar-refractivity contribution < 1.29 is 5.21 Å². The van der Waals surface area contributed by atoms with Crippen LogP contribution >= 0.6 is 0 Å². The van der Waals surface area contributed by atoms with Gasteiger partial charge in [-0.15, -0.1) is 0 Å². The minimum absolute atomic E-state index is 0.0289. The van der Waals surface area contributed by atoms with Gasteiger partial charge >= 0.3 is 0 Å². The molecule has 0 aromatic carbocycles. The van der Waals surface area contributed by atoms with E-state index in [0.717, 1.165) is 24.9 Å². The van der Waals surface area contributed by atoms with Gasteiger partial charge in [-0.3, -0.25) is 0 Å². The Morgan fingerprint density at radius 2 is 2.10 bits per heavy atom. The Labute approximate surface area is 118 Å². The Hall–Kier alpha value is -1.85. The van der Waals surface area contributed by atoms with E-state index in [2.05, 4.69) is 20.0 Å².